The summed E-state index contributed by atoms with van der Waals surface area (Å²) >= 11 is 0. The van der Waals surface area contributed by atoms with E-state index in [0.29, 0.717) is 18.5 Å². The van der Waals surface area contributed by atoms with Crippen LogP contribution in [0.5, 0.6) is 0 Å². The lowest BCUT2D eigenvalue weighted by molar-refractivity contribution is 0.0681. The van der Waals surface area contributed by atoms with Crippen LogP contribution < -0.4 is 0 Å². The van der Waals surface area contributed by atoms with Crippen molar-refractivity contribution in [3.8, 4) is 0 Å². The number of nitrogens with zero attached hydrogens (tertiary/aromatic N) is 1. The molecule has 0 N–H and O–H groups in total. The lowest BCUT2D eigenvalue weighted by Crippen LogP contribution is -2.40. The van der Waals surface area contributed by atoms with Gasteiger partial charge in [-0.25, -0.2) is 8.42 Å². The standard InChI is InChI=1S/C23H23NO3S/c1-17-6-4-9-19(14-17)23(25)24(21-12-13-28(26,27)16-21)15-20-10-5-8-18-7-2-3-11-22(18)20/h2-11,14,21H,12-13,15-16H2,1H3/t21-/m1/s1. The topological polar surface area (TPSA) is 54.5 Å². The lowest BCUT2D eigenvalue weighted by Gasteiger charge is -2.29. The second-order valence-corrected chi connectivity index (χ2v) is 9.73. The molecule has 0 bridgehead atoms. The van der Waals surface area contributed by atoms with E-state index in [1.54, 1.807) is 11.0 Å². The number of fused-ring (bicyclic) bond motifs is 1. The van der Waals surface area contributed by atoms with Crippen LogP contribution in [0.15, 0.2) is 66.7 Å². The third kappa shape index (κ3) is 3.80. The molecule has 28 heavy (non-hydrogen) atoms. The fraction of sp³-hybridized carbons (Fsp3) is 0.261. The van der Waals surface area contributed by atoms with Crippen molar-refractivity contribution in [2.45, 2.75) is 25.9 Å². The van der Waals surface area contributed by atoms with Crippen LogP contribution in [0.2, 0.25) is 0 Å². The highest BCUT2D eigenvalue weighted by atomic mass is 32.2. The predicted molar refractivity (Wildman–Crippen MR) is 112 cm³/mol. The summed E-state index contributed by atoms with van der Waals surface area (Å²) in [5.41, 5.74) is 2.64. The molecule has 1 amide bonds. The van der Waals surface area contributed by atoms with E-state index in [0.717, 1.165) is 21.9 Å². The zero-order valence-corrected chi connectivity index (χ0v) is 16.7. The van der Waals surface area contributed by atoms with Gasteiger partial charge in [-0.1, -0.05) is 60.2 Å². The summed E-state index contributed by atoms with van der Waals surface area (Å²) in [5, 5.41) is 2.20. The largest absolute Gasteiger partial charge is 0.330 e. The van der Waals surface area contributed by atoms with Gasteiger partial charge in [0.1, 0.15) is 0 Å². The second-order valence-electron chi connectivity index (χ2n) is 7.50. The Morgan fingerprint density at radius 1 is 1.04 bits per heavy atom. The number of carbonyl (C=O) groups is 1. The van der Waals surface area contributed by atoms with Crippen molar-refractivity contribution in [3.05, 3.63) is 83.4 Å². The summed E-state index contributed by atoms with van der Waals surface area (Å²) in [7, 11) is -3.09. The van der Waals surface area contributed by atoms with Crippen molar-refractivity contribution in [1.82, 2.24) is 4.90 Å². The van der Waals surface area contributed by atoms with Crippen LogP contribution >= 0.6 is 0 Å². The Morgan fingerprint density at radius 2 is 1.79 bits per heavy atom. The van der Waals surface area contributed by atoms with E-state index in [1.807, 2.05) is 67.6 Å². The number of rotatable bonds is 4. The summed E-state index contributed by atoms with van der Waals surface area (Å²) in [5.74, 6) is 0.0684. The molecule has 4 nitrogen and oxygen atoms in total. The Balaban J connectivity index is 1.73. The van der Waals surface area contributed by atoms with Gasteiger partial charge in [0, 0.05) is 18.2 Å². The van der Waals surface area contributed by atoms with Crippen LogP contribution in [-0.2, 0) is 16.4 Å². The summed E-state index contributed by atoms with van der Waals surface area (Å²) < 4.78 is 24.2. The minimum Gasteiger partial charge on any atom is -0.330 e. The molecule has 3 aromatic carbocycles. The minimum absolute atomic E-state index is 0.0370. The number of hydrogen-bond acceptors (Lipinski definition) is 3. The average Bonchev–Trinajstić information content (AvgIpc) is 3.05. The first-order chi connectivity index (χ1) is 13.4. The second kappa shape index (κ2) is 7.40. The van der Waals surface area contributed by atoms with Gasteiger partial charge in [0.2, 0.25) is 0 Å². The van der Waals surface area contributed by atoms with E-state index in [1.165, 1.54) is 0 Å². The molecule has 0 aliphatic carbocycles. The highest BCUT2D eigenvalue weighted by molar-refractivity contribution is 7.91. The molecule has 1 fully saturated rings. The van der Waals surface area contributed by atoms with Crippen molar-refractivity contribution >= 4 is 26.5 Å². The molecule has 0 saturated carbocycles. The molecule has 4 rings (SSSR count). The molecule has 5 heteroatoms. The molecule has 0 aromatic heterocycles. The molecule has 1 atom stereocenters. The summed E-state index contributed by atoms with van der Waals surface area (Å²) in [6, 6.07) is 21.3. The van der Waals surface area contributed by atoms with Gasteiger partial charge in [-0.2, -0.15) is 0 Å². The van der Waals surface area contributed by atoms with E-state index >= 15 is 0 Å². The quantitative estimate of drug-likeness (QED) is 0.674. The highest BCUT2D eigenvalue weighted by Crippen LogP contribution is 2.26. The van der Waals surface area contributed by atoms with Gasteiger partial charge in [-0.15, -0.1) is 0 Å². The van der Waals surface area contributed by atoms with Crippen LogP contribution in [0.3, 0.4) is 0 Å². The SMILES string of the molecule is Cc1cccc(C(=O)N(Cc2cccc3ccccc23)[C@@H]2CCS(=O)(=O)C2)c1. The number of carbonyl (C=O) groups excluding carboxylic acids is 1. The smallest absolute Gasteiger partial charge is 0.254 e. The van der Waals surface area contributed by atoms with E-state index in [9.17, 15) is 13.2 Å². The van der Waals surface area contributed by atoms with Gasteiger partial charge in [-0.3, -0.25) is 4.79 Å². The van der Waals surface area contributed by atoms with Crippen LogP contribution in [-0.4, -0.2) is 36.8 Å². The van der Waals surface area contributed by atoms with Crippen molar-refractivity contribution in [1.29, 1.82) is 0 Å². The van der Waals surface area contributed by atoms with Gasteiger partial charge < -0.3 is 4.90 Å². The third-order valence-electron chi connectivity index (χ3n) is 5.40. The molecule has 1 aliphatic heterocycles. The van der Waals surface area contributed by atoms with Crippen molar-refractivity contribution < 1.29 is 13.2 Å². The summed E-state index contributed by atoms with van der Waals surface area (Å²) in [4.78, 5) is 15.1. The molecular weight excluding hydrogens is 370 g/mol. The molecule has 1 saturated heterocycles. The average molecular weight is 394 g/mol. The van der Waals surface area contributed by atoms with Crippen molar-refractivity contribution in [3.63, 3.8) is 0 Å². The lowest BCUT2D eigenvalue weighted by atomic mass is 10.0. The minimum atomic E-state index is -3.09. The van der Waals surface area contributed by atoms with Crippen molar-refractivity contribution in [2.75, 3.05) is 11.5 Å². The monoisotopic (exact) mass is 393 g/mol. The Hall–Kier alpha value is -2.66. The maximum Gasteiger partial charge on any atom is 0.254 e. The predicted octanol–water partition coefficient (Wildman–Crippen LogP) is 3.98. The number of benzene rings is 3. The fourth-order valence-corrected chi connectivity index (χ4v) is 5.68. The zero-order valence-electron chi connectivity index (χ0n) is 15.8. The first-order valence-corrected chi connectivity index (χ1v) is 11.3. The zero-order chi connectivity index (χ0) is 19.7. The molecule has 1 heterocycles. The number of aryl methyl sites for hydroxylation is 1. The molecule has 1 aliphatic rings. The molecular formula is C23H23NO3S. The maximum absolute atomic E-state index is 13.4. The van der Waals surface area contributed by atoms with E-state index in [4.69, 9.17) is 0 Å². The van der Waals surface area contributed by atoms with Gasteiger partial charge in [-0.05, 0) is 41.8 Å². The fourth-order valence-electron chi connectivity index (χ4n) is 3.95. The van der Waals surface area contributed by atoms with Crippen LogP contribution in [0, 0.1) is 6.92 Å². The van der Waals surface area contributed by atoms with E-state index < -0.39 is 9.84 Å². The Morgan fingerprint density at radius 3 is 2.54 bits per heavy atom. The first-order valence-electron chi connectivity index (χ1n) is 9.48. The third-order valence-corrected chi connectivity index (χ3v) is 7.15. The molecule has 3 aromatic rings. The molecule has 0 spiro atoms. The summed E-state index contributed by atoms with van der Waals surface area (Å²) in [6.07, 6.45) is 0.491. The number of hydrogen-bond donors (Lipinski definition) is 0. The number of amides is 1. The Labute approximate surface area is 165 Å². The number of sulfone groups is 1. The molecule has 144 valence electrons. The Kier molecular flexibility index (Phi) is 4.94. The van der Waals surface area contributed by atoms with Crippen LogP contribution in [0.25, 0.3) is 10.8 Å². The highest BCUT2D eigenvalue weighted by Gasteiger charge is 2.35. The molecule has 0 radical (unpaired) electrons. The van der Waals surface area contributed by atoms with Gasteiger partial charge in [0.05, 0.1) is 11.5 Å². The van der Waals surface area contributed by atoms with E-state index in [2.05, 4.69) is 0 Å². The maximum atomic E-state index is 13.4. The summed E-state index contributed by atoms with van der Waals surface area (Å²) in [6.45, 7) is 2.35. The van der Waals surface area contributed by atoms with Crippen LogP contribution in [0.1, 0.15) is 27.9 Å². The van der Waals surface area contributed by atoms with Crippen molar-refractivity contribution in [2.24, 2.45) is 0 Å². The van der Waals surface area contributed by atoms with E-state index in [-0.39, 0.29) is 23.5 Å². The van der Waals surface area contributed by atoms with Gasteiger partial charge in [0.15, 0.2) is 9.84 Å². The van der Waals surface area contributed by atoms with Gasteiger partial charge in [0.25, 0.3) is 5.91 Å². The molecule has 0 unspecified atom stereocenters. The van der Waals surface area contributed by atoms with Crippen LogP contribution in [0.4, 0.5) is 0 Å². The normalized spacial score (nSPS) is 18.2. The Bertz CT molecular complexity index is 1130. The first kappa shape index (κ1) is 18.7. The van der Waals surface area contributed by atoms with Gasteiger partial charge >= 0.3 is 0 Å².